The molecular weight excluding hydrogens is 368 g/mol. The van der Waals surface area contributed by atoms with E-state index in [1.54, 1.807) is 37.3 Å². The van der Waals surface area contributed by atoms with E-state index < -0.39 is 27.9 Å². The van der Waals surface area contributed by atoms with E-state index >= 15 is 0 Å². The molecule has 0 heterocycles. The van der Waals surface area contributed by atoms with Gasteiger partial charge in [0.05, 0.1) is 10.6 Å². The van der Waals surface area contributed by atoms with Gasteiger partial charge in [-0.15, -0.1) is 0 Å². The SMILES string of the molecule is CCN(c1ccccc1)S(=O)(=O)c1cccc(C(=O)N(C)C(C)C(=O)O)c1. The Morgan fingerprint density at radius 1 is 1.07 bits per heavy atom. The van der Waals surface area contributed by atoms with Crippen molar-refractivity contribution in [3.63, 3.8) is 0 Å². The monoisotopic (exact) mass is 390 g/mol. The minimum Gasteiger partial charge on any atom is -0.480 e. The second-order valence-electron chi connectivity index (χ2n) is 5.96. The van der Waals surface area contributed by atoms with Gasteiger partial charge in [-0.05, 0) is 44.2 Å². The number of anilines is 1. The molecule has 1 unspecified atom stereocenters. The molecule has 7 nitrogen and oxygen atoms in total. The number of hydrogen-bond acceptors (Lipinski definition) is 4. The van der Waals surface area contributed by atoms with E-state index in [0.29, 0.717) is 5.69 Å². The first-order valence-electron chi connectivity index (χ1n) is 8.38. The van der Waals surface area contributed by atoms with E-state index in [-0.39, 0.29) is 17.0 Å². The number of carbonyl (C=O) groups is 2. The molecule has 0 aliphatic rings. The number of nitrogens with zero attached hydrogens (tertiary/aromatic N) is 2. The number of amides is 1. The van der Waals surface area contributed by atoms with Crippen LogP contribution in [0.3, 0.4) is 0 Å². The Balaban J connectivity index is 2.41. The van der Waals surface area contributed by atoms with Crippen LogP contribution in [-0.2, 0) is 14.8 Å². The average Bonchev–Trinajstić information content (AvgIpc) is 2.67. The third kappa shape index (κ3) is 4.28. The van der Waals surface area contributed by atoms with Crippen LogP contribution in [-0.4, -0.2) is 49.9 Å². The molecule has 0 aliphatic heterocycles. The molecule has 2 aromatic carbocycles. The van der Waals surface area contributed by atoms with Gasteiger partial charge in [-0.25, -0.2) is 13.2 Å². The third-order valence-corrected chi connectivity index (χ3v) is 6.16. The fourth-order valence-electron chi connectivity index (χ4n) is 2.55. The average molecular weight is 390 g/mol. The number of rotatable bonds is 7. The summed E-state index contributed by atoms with van der Waals surface area (Å²) in [4.78, 5) is 24.7. The van der Waals surface area contributed by atoms with Crippen molar-refractivity contribution in [3.05, 3.63) is 60.2 Å². The zero-order chi connectivity index (χ0) is 20.2. The highest BCUT2D eigenvalue weighted by Gasteiger charge is 2.27. The van der Waals surface area contributed by atoms with Crippen LogP contribution in [0.5, 0.6) is 0 Å². The maximum atomic E-state index is 13.1. The minimum atomic E-state index is -3.88. The van der Waals surface area contributed by atoms with Gasteiger partial charge in [0.1, 0.15) is 6.04 Å². The number of aliphatic carboxylic acids is 1. The van der Waals surface area contributed by atoms with Crippen LogP contribution >= 0.6 is 0 Å². The smallest absolute Gasteiger partial charge is 0.326 e. The molecule has 0 saturated heterocycles. The lowest BCUT2D eigenvalue weighted by molar-refractivity contribution is -0.141. The Morgan fingerprint density at radius 2 is 1.70 bits per heavy atom. The van der Waals surface area contributed by atoms with Gasteiger partial charge in [-0.3, -0.25) is 9.10 Å². The first-order valence-corrected chi connectivity index (χ1v) is 9.82. The van der Waals surface area contributed by atoms with E-state index in [2.05, 4.69) is 0 Å². The number of hydrogen-bond donors (Lipinski definition) is 1. The lowest BCUT2D eigenvalue weighted by Gasteiger charge is -2.24. The van der Waals surface area contributed by atoms with Crippen molar-refractivity contribution in [2.24, 2.45) is 0 Å². The summed E-state index contributed by atoms with van der Waals surface area (Å²) in [6, 6.07) is 13.3. The van der Waals surface area contributed by atoms with Crippen LogP contribution in [0.2, 0.25) is 0 Å². The van der Waals surface area contributed by atoms with E-state index in [1.165, 1.54) is 42.5 Å². The van der Waals surface area contributed by atoms with Crippen molar-refractivity contribution in [1.82, 2.24) is 4.90 Å². The largest absolute Gasteiger partial charge is 0.480 e. The summed E-state index contributed by atoms with van der Waals surface area (Å²) in [5.74, 6) is -1.71. The molecule has 1 atom stereocenters. The molecular formula is C19H22N2O5S. The van der Waals surface area contributed by atoms with Gasteiger partial charge in [0.15, 0.2) is 0 Å². The summed E-state index contributed by atoms with van der Waals surface area (Å²) in [5.41, 5.74) is 0.629. The quantitative estimate of drug-likeness (QED) is 0.784. The molecule has 0 spiro atoms. The zero-order valence-corrected chi connectivity index (χ0v) is 16.2. The molecule has 0 radical (unpaired) electrons. The molecule has 0 fully saturated rings. The molecule has 0 saturated carbocycles. The van der Waals surface area contributed by atoms with Gasteiger partial charge in [0.25, 0.3) is 15.9 Å². The fraction of sp³-hybridized carbons (Fsp3) is 0.263. The van der Waals surface area contributed by atoms with Crippen LogP contribution < -0.4 is 4.31 Å². The Bertz CT molecular complexity index is 928. The van der Waals surface area contributed by atoms with E-state index in [9.17, 15) is 18.0 Å². The predicted molar refractivity (Wildman–Crippen MR) is 102 cm³/mol. The molecule has 0 aromatic heterocycles. The zero-order valence-electron chi connectivity index (χ0n) is 15.4. The Hall–Kier alpha value is -2.87. The Labute approximate surface area is 158 Å². The van der Waals surface area contributed by atoms with Crippen molar-refractivity contribution in [2.75, 3.05) is 17.9 Å². The van der Waals surface area contributed by atoms with Crippen molar-refractivity contribution in [2.45, 2.75) is 24.8 Å². The molecule has 0 aliphatic carbocycles. The molecule has 27 heavy (non-hydrogen) atoms. The van der Waals surface area contributed by atoms with E-state index in [0.717, 1.165) is 4.90 Å². The number of likely N-dealkylation sites (N-methyl/N-ethyl adjacent to an activating group) is 1. The van der Waals surface area contributed by atoms with Gasteiger partial charge in [-0.2, -0.15) is 0 Å². The fourth-order valence-corrected chi connectivity index (χ4v) is 4.07. The van der Waals surface area contributed by atoms with Crippen LogP contribution in [0.25, 0.3) is 0 Å². The molecule has 2 aromatic rings. The second kappa shape index (κ2) is 8.22. The predicted octanol–water partition coefficient (Wildman–Crippen LogP) is 2.45. The minimum absolute atomic E-state index is 0.0320. The van der Waals surface area contributed by atoms with E-state index in [4.69, 9.17) is 5.11 Å². The maximum Gasteiger partial charge on any atom is 0.326 e. The molecule has 144 valence electrons. The van der Waals surface area contributed by atoms with Crippen LogP contribution in [0, 0.1) is 0 Å². The van der Waals surface area contributed by atoms with Crippen LogP contribution in [0.1, 0.15) is 24.2 Å². The number of carboxylic acid groups (broad SMARTS) is 1. The maximum absolute atomic E-state index is 13.1. The lowest BCUT2D eigenvalue weighted by Crippen LogP contribution is -2.40. The summed E-state index contributed by atoms with van der Waals surface area (Å²) < 4.78 is 27.4. The summed E-state index contributed by atoms with van der Waals surface area (Å²) in [6.45, 7) is 3.33. The standard InChI is InChI=1S/C19H22N2O5S/c1-4-21(16-10-6-5-7-11-16)27(25,26)17-12-8-9-15(13-17)18(22)20(3)14(2)19(23)24/h5-14H,4H2,1-3H3,(H,23,24). The highest BCUT2D eigenvalue weighted by molar-refractivity contribution is 7.92. The number of carboxylic acids is 1. The summed E-state index contributed by atoms with van der Waals surface area (Å²) >= 11 is 0. The third-order valence-electron chi connectivity index (χ3n) is 4.26. The summed E-state index contributed by atoms with van der Waals surface area (Å²) in [5, 5.41) is 9.07. The van der Waals surface area contributed by atoms with Crippen molar-refractivity contribution in [1.29, 1.82) is 0 Å². The molecule has 1 amide bonds. The number of sulfonamides is 1. The van der Waals surface area contributed by atoms with Gasteiger partial charge in [-0.1, -0.05) is 24.3 Å². The summed E-state index contributed by atoms with van der Waals surface area (Å²) in [7, 11) is -2.51. The Morgan fingerprint density at radius 3 is 2.26 bits per heavy atom. The highest BCUT2D eigenvalue weighted by Crippen LogP contribution is 2.24. The Kier molecular flexibility index (Phi) is 6.22. The van der Waals surface area contributed by atoms with Gasteiger partial charge in [0.2, 0.25) is 0 Å². The number of benzene rings is 2. The van der Waals surface area contributed by atoms with Crippen LogP contribution in [0.15, 0.2) is 59.5 Å². The van der Waals surface area contributed by atoms with Crippen LogP contribution in [0.4, 0.5) is 5.69 Å². The highest BCUT2D eigenvalue weighted by atomic mass is 32.2. The second-order valence-corrected chi connectivity index (χ2v) is 7.83. The molecule has 0 bridgehead atoms. The molecule has 8 heteroatoms. The summed E-state index contributed by atoms with van der Waals surface area (Å²) in [6.07, 6.45) is 0. The van der Waals surface area contributed by atoms with Crippen molar-refractivity contribution < 1.29 is 23.1 Å². The number of carbonyl (C=O) groups excluding carboxylic acids is 1. The van der Waals surface area contributed by atoms with Gasteiger partial charge in [0, 0.05) is 19.2 Å². The molecule has 1 N–H and O–H groups in total. The normalized spacial score (nSPS) is 12.3. The van der Waals surface area contributed by atoms with Crippen molar-refractivity contribution >= 4 is 27.6 Å². The van der Waals surface area contributed by atoms with E-state index in [1.807, 2.05) is 0 Å². The van der Waals surface area contributed by atoms with Crippen molar-refractivity contribution in [3.8, 4) is 0 Å². The lowest BCUT2D eigenvalue weighted by atomic mass is 10.2. The van der Waals surface area contributed by atoms with Gasteiger partial charge < -0.3 is 10.0 Å². The topological polar surface area (TPSA) is 95.0 Å². The van der Waals surface area contributed by atoms with Gasteiger partial charge >= 0.3 is 5.97 Å². The first-order chi connectivity index (χ1) is 12.7. The number of para-hydroxylation sites is 1. The molecule has 2 rings (SSSR count). The first kappa shape index (κ1) is 20.4.